The van der Waals surface area contributed by atoms with Gasteiger partial charge in [-0.05, 0) is 47.0 Å². The molecule has 2 aromatic carbocycles. The fraction of sp³-hybridized carbons (Fsp3) is 0.286. The van der Waals surface area contributed by atoms with Crippen molar-refractivity contribution in [1.82, 2.24) is 4.98 Å². The number of ether oxygens (including phenoxy) is 2. The predicted octanol–water partition coefficient (Wildman–Crippen LogP) is 8.02. The normalized spacial score (nSPS) is 15.1. The van der Waals surface area contributed by atoms with Crippen molar-refractivity contribution in [3.05, 3.63) is 81.4 Å². The highest BCUT2D eigenvalue weighted by Crippen LogP contribution is 2.42. The van der Waals surface area contributed by atoms with Gasteiger partial charge in [0.2, 0.25) is 5.13 Å². The monoisotopic (exact) mass is 583 g/mol. The Bertz CT molecular complexity index is 1320. The van der Waals surface area contributed by atoms with E-state index in [-0.39, 0.29) is 23.0 Å². The number of thiazole rings is 1. The first kappa shape index (κ1) is 26.4. The average molecular weight is 585 g/mol. The summed E-state index contributed by atoms with van der Waals surface area (Å²) in [5.74, 6) is 2.08. The molecule has 8 heteroatoms. The van der Waals surface area contributed by atoms with Crippen LogP contribution in [0.3, 0.4) is 0 Å². The number of anilines is 1. The first-order valence-corrected chi connectivity index (χ1v) is 13.5. The van der Waals surface area contributed by atoms with Crippen molar-refractivity contribution < 1.29 is 9.47 Å². The summed E-state index contributed by atoms with van der Waals surface area (Å²) in [7, 11) is 3.32. The second-order valence-corrected chi connectivity index (χ2v) is 10.8. The number of rotatable bonds is 8. The fourth-order valence-electron chi connectivity index (χ4n) is 4.38. The van der Waals surface area contributed by atoms with Gasteiger partial charge in [-0.15, -0.1) is 39.7 Å². The SMILES string of the molecule is Br.COc1ccc(C2CC(c3cccs3)=NN2c2nc(-c3ccc(CC(C)C)cc3)cs2)cc1OC. The van der Waals surface area contributed by atoms with Gasteiger partial charge in [0.1, 0.15) is 0 Å². The maximum Gasteiger partial charge on any atom is 0.207 e. The number of halogens is 1. The molecule has 1 atom stereocenters. The van der Waals surface area contributed by atoms with Crippen molar-refractivity contribution in [3.63, 3.8) is 0 Å². The van der Waals surface area contributed by atoms with Crippen LogP contribution in [-0.4, -0.2) is 24.9 Å². The molecule has 5 nitrogen and oxygen atoms in total. The van der Waals surface area contributed by atoms with Crippen LogP contribution < -0.4 is 14.5 Å². The smallest absolute Gasteiger partial charge is 0.207 e. The average Bonchev–Trinajstić information content (AvgIpc) is 3.64. The third kappa shape index (κ3) is 5.51. The highest BCUT2D eigenvalue weighted by atomic mass is 79.9. The van der Waals surface area contributed by atoms with Crippen molar-refractivity contribution in [3.8, 4) is 22.8 Å². The van der Waals surface area contributed by atoms with Crippen LogP contribution in [0.1, 0.15) is 42.3 Å². The number of nitrogens with zero attached hydrogens (tertiary/aromatic N) is 3. The molecule has 0 saturated heterocycles. The molecule has 3 heterocycles. The lowest BCUT2D eigenvalue weighted by atomic mass is 10.0. The molecule has 0 amide bonds. The molecule has 188 valence electrons. The molecule has 2 aromatic heterocycles. The summed E-state index contributed by atoms with van der Waals surface area (Å²) in [5.41, 5.74) is 5.66. The summed E-state index contributed by atoms with van der Waals surface area (Å²) in [6, 6.07) is 19.1. The van der Waals surface area contributed by atoms with E-state index in [1.807, 2.05) is 12.1 Å². The molecule has 0 aliphatic carbocycles. The first-order valence-electron chi connectivity index (χ1n) is 11.7. The summed E-state index contributed by atoms with van der Waals surface area (Å²) in [6.07, 6.45) is 1.89. The van der Waals surface area contributed by atoms with Gasteiger partial charge in [-0.2, -0.15) is 5.10 Å². The zero-order valence-electron chi connectivity index (χ0n) is 20.8. The summed E-state index contributed by atoms with van der Waals surface area (Å²) in [6.45, 7) is 4.49. The molecule has 0 spiro atoms. The van der Waals surface area contributed by atoms with Gasteiger partial charge in [0.15, 0.2) is 11.5 Å². The van der Waals surface area contributed by atoms with Gasteiger partial charge in [-0.3, -0.25) is 0 Å². The van der Waals surface area contributed by atoms with Gasteiger partial charge >= 0.3 is 0 Å². The van der Waals surface area contributed by atoms with E-state index in [1.54, 1.807) is 36.9 Å². The van der Waals surface area contributed by atoms with E-state index in [1.165, 1.54) is 10.4 Å². The Morgan fingerprint density at radius 2 is 1.78 bits per heavy atom. The third-order valence-corrected chi connectivity index (χ3v) is 7.84. The van der Waals surface area contributed by atoms with Gasteiger partial charge < -0.3 is 9.47 Å². The van der Waals surface area contributed by atoms with Crippen LogP contribution in [-0.2, 0) is 6.42 Å². The first-order chi connectivity index (χ1) is 17.1. The summed E-state index contributed by atoms with van der Waals surface area (Å²) in [4.78, 5) is 6.20. The van der Waals surface area contributed by atoms with Crippen LogP contribution in [0.4, 0.5) is 5.13 Å². The van der Waals surface area contributed by atoms with Crippen LogP contribution in [0.25, 0.3) is 11.3 Å². The van der Waals surface area contributed by atoms with E-state index in [2.05, 4.69) is 72.1 Å². The van der Waals surface area contributed by atoms with Crippen LogP contribution in [0.2, 0.25) is 0 Å². The molecule has 1 unspecified atom stereocenters. The highest BCUT2D eigenvalue weighted by molar-refractivity contribution is 8.93. The van der Waals surface area contributed by atoms with E-state index in [0.717, 1.165) is 52.0 Å². The van der Waals surface area contributed by atoms with Crippen molar-refractivity contribution in [2.75, 3.05) is 19.2 Å². The van der Waals surface area contributed by atoms with Crippen LogP contribution in [0.5, 0.6) is 11.5 Å². The predicted molar refractivity (Wildman–Crippen MR) is 157 cm³/mol. The minimum absolute atomic E-state index is 0. The molecule has 0 bridgehead atoms. The Morgan fingerprint density at radius 1 is 1.00 bits per heavy atom. The fourth-order valence-corrected chi connectivity index (χ4v) is 5.94. The standard InChI is InChI=1S/C28H29N3O2S2.BrH/c1-18(2)14-19-7-9-20(10-8-19)23-17-35-28(29-23)31-24(16-22(30-31)27-6-5-13-34-27)21-11-12-25(32-3)26(15-21)33-4;/h5-13,15,17-18,24H,14,16H2,1-4H3;1H. The van der Waals surface area contributed by atoms with Crippen molar-refractivity contribution >= 4 is 50.5 Å². The summed E-state index contributed by atoms with van der Waals surface area (Å²) in [5, 5.41) is 12.2. The second kappa shape index (κ2) is 11.6. The summed E-state index contributed by atoms with van der Waals surface area (Å²) >= 11 is 3.34. The molecule has 0 N–H and O–H groups in total. The summed E-state index contributed by atoms with van der Waals surface area (Å²) < 4.78 is 11.0. The van der Waals surface area contributed by atoms with Crippen molar-refractivity contribution in [1.29, 1.82) is 0 Å². The lowest BCUT2D eigenvalue weighted by Crippen LogP contribution is -2.18. The Kier molecular flexibility index (Phi) is 8.49. The number of hydrazone groups is 1. The molecule has 4 aromatic rings. The quantitative estimate of drug-likeness (QED) is 0.210. The van der Waals surface area contributed by atoms with E-state index in [4.69, 9.17) is 19.6 Å². The van der Waals surface area contributed by atoms with Crippen LogP contribution in [0, 0.1) is 5.92 Å². The van der Waals surface area contributed by atoms with E-state index >= 15 is 0 Å². The van der Waals surface area contributed by atoms with Crippen LogP contribution >= 0.6 is 39.7 Å². The molecule has 36 heavy (non-hydrogen) atoms. The number of hydrogen-bond donors (Lipinski definition) is 0. The molecule has 1 aliphatic rings. The topological polar surface area (TPSA) is 47.0 Å². The Labute approximate surface area is 231 Å². The zero-order chi connectivity index (χ0) is 24.4. The molecule has 1 aliphatic heterocycles. The van der Waals surface area contributed by atoms with Gasteiger partial charge in [0.25, 0.3) is 0 Å². The zero-order valence-corrected chi connectivity index (χ0v) is 24.1. The Hall–Kier alpha value is -2.68. The Balaban J connectivity index is 0.00000304. The lowest BCUT2D eigenvalue weighted by Gasteiger charge is -2.22. The molecule has 0 saturated carbocycles. The Morgan fingerprint density at radius 3 is 2.44 bits per heavy atom. The van der Waals surface area contributed by atoms with Gasteiger partial charge in [0, 0.05) is 17.4 Å². The number of thiophene rings is 1. The third-order valence-electron chi connectivity index (χ3n) is 6.09. The minimum atomic E-state index is 0. The highest BCUT2D eigenvalue weighted by Gasteiger charge is 2.32. The van der Waals surface area contributed by atoms with Gasteiger partial charge in [-0.25, -0.2) is 9.99 Å². The number of methoxy groups -OCH3 is 2. The van der Waals surface area contributed by atoms with Gasteiger partial charge in [-0.1, -0.05) is 50.2 Å². The van der Waals surface area contributed by atoms with Crippen molar-refractivity contribution in [2.45, 2.75) is 32.7 Å². The van der Waals surface area contributed by atoms with E-state index in [0.29, 0.717) is 5.92 Å². The lowest BCUT2D eigenvalue weighted by molar-refractivity contribution is 0.354. The molecular formula is C28H30BrN3O2S2. The second-order valence-electron chi connectivity index (χ2n) is 9.01. The van der Waals surface area contributed by atoms with Gasteiger partial charge in [0.05, 0.1) is 36.5 Å². The maximum absolute atomic E-state index is 5.58. The molecular weight excluding hydrogens is 554 g/mol. The molecule has 0 fully saturated rings. The molecule has 0 radical (unpaired) electrons. The van der Waals surface area contributed by atoms with Crippen molar-refractivity contribution in [2.24, 2.45) is 11.0 Å². The largest absolute Gasteiger partial charge is 0.493 e. The van der Waals surface area contributed by atoms with E-state index < -0.39 is 0 Å². The molecule has 5 rings (SSSR count). The maximum atomic E-state index is 5.58. The van der Waals surface area contributed by atoms with E-state index in [9.17, 15) is 0 Å². The number of benzene rings is 2. The number of aromatic nitrogens is 1. The van der Waals surface area contributed by atoms with Crippen LogP contribution in [0.15, 0.2) is 70.5 Å². The minimum Gasteiger partial charge on any atom is -0.493 e. The number of hydrogen-bond acceptors (Lipinski definition) is 7.